The second-order valence-corrected chi connectivity index (χ2v) is 11.7. The molecule has 0 heterocycles. The SMILES string of the molecule is CCCCCCCCCCCCCCCC(OCCCOC(=O)CCCC[N+](C)(C)CCO)C(C)OCC.[I-]. The van der Waals surface area contributed by atoms with Crippen LogP contribution in [0.5, 0.6) is 0 Å². The maximum Gasteiger partial charge on any atom is 0.305 e. The Bertz CT molecular complexity index is 521. The highest BCUT2D eigenvalue weighted by Crippen LogP contribution is 2.17. The summed E-state index contributed by atoms with van der Waals surface area (Å²) in [4.78, 5) is 12.0. The maximum atomic E-state index is 12.0. The fourth-order valence-corrected chi connectivity index (χ4v) is 4.93. The molecule has 0 aliphatic heterocycles. The molecule has 0 bridgehead atoms. The van der Waals surface area contributed by atoms with Gasteiger partial charge >= 0.3 is 5.97 Å². The van der Waals surface area contributed by atoms with Crippen LogP contribution in [0.4, 0.5) is 0 Å². The molecular weight excluding hydrogens is 605 g/mol. The molecular formula is C32H66INO5. The van der Waals surface area contributed by atoms with E-state index in [9.17, 15) is 4.79 Å². The minimum Gasteiger partial charge on any atom is -1.00 e. The second-order valence-electron chi connectivity index (χ2n) is 11.7. The van der Waals surface area contributed by atoms with Crippen molar-refractivity contribution in [2.24, 2.45) is 0 Å². The number of unbranched alkanes of at least 4 members (excludes halogenated alkanes) is 13. The van der Waals surface area contributed by atoms with Crippen molar-refractivity contribution < 1.29 is 52.6 Å². The van der Waals surface area contributed by atoms with E-state index in [0.717, 1.165) is 43.3 Å². The van der Waals surface area contributed by atoms with Crippen molar-refractivity contribution >= 4 is 5.97 Å². The van der Waals surface area contributed by atoms with Crippen LogP contribution in [-0.2, 0) is 19.0 Å². The predicted molar refractivity (Wildman–Crippen MR) is 159 cm³/mol. The number of rotatable bonds is 29. The third-order valence-electron chi connectivity index (χ3n) is 7.53. The zero-order chi connectivity index (χ0) is 28.3. The first-order valence-corrected chi connectivity index (χ1v) is 16.2. The van der Waals surface area contributed by atoms with Crippen molar-refractivity contribution in [3.05, 3.63) is 0 Å². The van der Waals surface area contributed by atoms with Gasteiger partial charge in [0, 0.05) is 19.4 Å². The fraction of sp³-hybridized carbons (Fsp3) is 0.969. The monoisotopic (exact) mass is 671 g/mol. The van der Waals surface area contributed by atoms with E-state index in [1.807, 2.05) is 6.92 Å². The summed E-state index contributed by atoms with van der Waals surface area (Å²) in [5, 5.41) is 9.10. The normalized spacial score (nSPS) is 13.2. The van der Waals surface area contributed by atoms with Crippen LogP contribution < -0.4 is 24.0 Å². The average Bonchev–Trinajstić information content (AvgIpc) is 2.88. The number of hydrogen-bond donors (Lipinski definition) is 1. The molecule has 0 saturated carbocycles. The Hall–Kier alpha value is 0.0400. The molecule has 0 aliphatic rings. The van der Waals surface area contributed by atoms with Crippen molar-refractivity contribution in [3.63, 3.8) is 0 Å². The number of likely N-dealkylation sites (N-methyl/N-ethyl adjacent to an activating group) is 1. The van der Waals surface area contributed by atoms with Crippen LogP contribution >= 0.6 is 0 Å². The molecule has 0 saturated heterocycles. The van der Waals surface area contributed by atoms with Crippen LogP contribution in [0.2, 0.25) is 0 Å². The Labute approximate surface area is 259 Å². The average molecular weight is 672 g/mol. The molecule has 2 unspecified atom stereocenters. The van der Waals surface area contributed by atoms with E-state index < -0.39 is 0 Å². The number of hydrogen-bond acceptors (Lipinski definition) is 5. The number of aliphatic hydroxyl groups is 1. The summed E-state index contributed by atoms with van der Waals surface area (Å²) >= 11 is 0. The van der Waals surface area contributed by atoms with Gasteiger partial charge in [0.05, 0.1) is 52.7 Å². The highest BCUT2D eigenvalue weighted by molar-refractivity contribution is 5.69. The summed E-state index contributed by atoms with van der Waals surface area (Å²) in [5.41, 5.74) is 0. The lowest BCUT2D eigenvalue weighted by atomic mass is 10.0. The smallest absolute Gasteiger partial charge is 0.305 e. The zero-order valence-corrected chi connectivity index (χ0v) is 28.7. The standard InChI is InChI=1S/C32H66NO5.HI/c1-6-8-9-10-11-12-13-14-15-16-17-18-19-23-31(30(3)36-7-2)37-28-22-29-38-32(35)24-20-21-25-33(4,5)26-27-34;/h30-31,34H,6-29H2,1-5H3;1H/q+1;/p-1. The van der Waals surface area contributed by atoms with Gasteiger partial charge in [0.1, 0.15) is 6.54 Å². The minimum atomic E-state index is -0.122. The minimum absolute atomic E-state index is 0. The van der Waals surface area contributed by atoms with E-state index in [0.29, 0.717) is 26.2 Å². The molecule has 0 aliphatic carbocycles. The van der Waals surface area contributed by atoms with Crippen molar-refractivity contribution in [2.75, 3.05) is 53.6 Å². The summed E-state index contributed by atoms with van der Waals surface area (Å²) in [6.45, 7) is 10.0. The third kappa shape index (κ3) is 28.0. The lowest BCUT2D eigenvalue weighted by Gasteiger charge is -2.28. The number of nitrogens with zero attached hydrogens (tertiary/aromatic N) is 1. The number of quaternary nitrogens is 1. The van der Waals surface area contributed by atoms with E-state index in [2.05, 4.69) is 27.9 Å². The van der Waals surface area contributed by atoms with E-state index in [-0.39, 0.29) is 48.8 Å². The Morgan fingerprint density at radius 1 is 0.718 bits per heavy atom. The second kappa shape index (κ2) is 29.5. The van der Waals surface area contributed by atoms with Crippen LogP contribution in [0.3, 0.4) is 0 Å². The molecule has 6 nitrogen and oxygen atoms in total. The molecule has 0 aromatic carbocycles. The molecule has 0 amide bonds. The molecule has 0 radical (unpaired) electrons. The van der Waals surface area contributed by atoms with Gasteiger partial charge in [-0.1, -0.05) is 90.4 Å². The lowest BCUT2D eigenvalue weighted by Crippen LogP contribution is -3.00. The Kier molecular flexibility index (Phi) is 31.2. The first kappa shape index (κ1) is 41.2. The van der Waals surface area contributed by atoms with Gasteiger partial charge in [-0.3, -0.25) is 4.79 Å². The van der Waals surface area contributed by atoms with Gasteiger partial charge in [-0.15, -0.1) is 0 Å². The molecule has 2 atom stereocenters. The highest BCUT2D eigenvalue weighted by Gasteiger charge is 2.18. The van der Waals surface area contributed by atoms with Crippen molar-refractivity contribution in [3.8, 4) is 0 Å². The van der Waals surface area contributed by atoms with Crippen LogP contribution in [-0.4, -0.2) is 81.4 Å². The van der Waals surface area contributed by atoms with Gasteiger partial charge in [0.2, 0.25) is 0 Å². The molecule has 0 aromatic rings. The molecule has 7 heteroatoms. The van der Waals surface area contributed by atoms with Crippen molar-refractivity contribution in [1.29, 1.82) is 0 Å². The van der Waals surface area contributed by atoms with Crippen LogP contribution in [0, 0.1) is 0 Å². The predicted octanol–water partition coefficient (Wildman–Crippen LogP) is 4.45. The molecule has 0 spiro atoms. The van der Waals surface area contributed by atoms with Gasteiger partial charge in [-0.05, 0) is 33.1 Å². The molecule has 39 heavy (non-hydrogen) atoms. The Morgan fingerprint density at radius 3 is 1.82 bits per heavy atom. The highest BCUT2D eigenvalue weighted by atomic mass is 127. The number of ether oxygens (including phenoxy) is 3. The summed E-state index contributed by atoms with van der Waals surface area (Å²) in [5.74, 6) is -0.122. The molecule has 1 N–H and O–H groups in total. The quantitative estimate of drug-likeness (QED) is 0.0552. The van der Waals surface area contributed by atoms with Crippen LogP contribution in [0.15, 0.2) is 0 Å². The van der Waals surface area contributed by atoms with Crippen LogP contribution in [0.25, 0.3) is 0 Å². The van der Waals surface area contributed by atoms with Crippen LogP contribution in [0.1, 0.15) is 136 Å². The van der Waals surface area contributed by atoms with Gasteiger partial charge in [0.25, 0.3) is 0 Å². The number of carbonyl (C=O) groups excluding carboxylic acids is 1. The molecule has 0 aromatic heterocycles. The van der Waals surface area contributed by atoms with Crippen molar-refractivity contribution in [2.45, 2.75) is 149 Å². The Balaban J connectivity index is 0. The first-order valence-electron chi connectivity index (χ1n) is 16.2. The van der Waals surface area contributed by atoms with Gasteiger partial charge in [-0.25, -0.2) is 0 Å². The summed E-state index contributed by atoms with van der Waals surface area (Å²) in [6, 6.07) is 0. The molecule has 0 rings (SSSR count). The van der Waals surface area contributed by atoms with E-state index in [1.54, 1.807) is 0 Å². The van der Waals surface area contributed by atoms with Gasteiger partial charge in [-0.2, -0.15) is 0 Å². The maximum absolute atomic E-state index is 12.0. The first-order chi connectivity index (χ1) is 18.4. The van der Waals surface area contributed by atoms with E-state index in [1.165, 1.54) is 83.5 Å². The van der Waals surface area contributed by atoms with E-state index >= 15 is 0 Å². The molecule has 0 fully saturated rings. The summed E-state index contributed by atoms with van der Waals surface area (Å²) in [6.07, 6.45) is 21.9. The molecule has 236 valence electrons. The van der Waals surface area contributed by atoms with Gasteiger partial charge < -0.3 is 47.8 Å². The summed E-state index contributed by atoms with van der Waals surface area (Å²) < 4.78 is 18.2. The number of aliphatic hydroxyl groups excluding tert-OH is 1. The summed E-state index contributed by atoms with van der Waals surface area (Å²) in [7, 11) is 4.21. The van der Waals surface area contributed by atoms with Gasteiger partial charge in [0.15, 0.2) is 0 Å². The number of halogens is 1. The lowest BCUT2D eigenvalue weighted by molar-refractivity contribution is -0.890. The largest absolute Gasteiger partial charge is 1.00 e. The zero-order valence-electron chi connectivity index (χ0n) is 26.5. The van der Waals surface area contributed by atoms with Crippen molar-refractivity contribution in [1.82, 2.24) is 0 Å². The Morgan fingerprint density at radius 2 is 1.28 bits per heavy atom. The number of carbonyl (C=O) groups is 1. The fourth-order valence-electron chi connectivity index (χ4n) is 4.93. The topological polar surface area (TPSA) is 65.0 Å². The van der Waals surface area contributed by atoms with E-state index in [4.69, 9.17) is 19.3 Å². The number of esters is 1. The third-order valence-corrected chi connectivity index (χ3v) is 7.53.